The van der Waals surface area contributed by atoms with Crippen molar-refractivity contribution in [1.29, 1.82) is 0 Å². The number of benzene rings is 1. The maximum atomic E-state index is 11.9. The fraction of sp³-hybridized carbons (Fsp3) is 0.429. The fourth-order valence-electron chi connectivity index (χ4n) is 1.96. The predicted molar refractivity (Wildman–Crippen MR) is 81.3 cm³/mol. The Bertz CT molecular complexity index is 593. The van der Waals surface area contributed by atoms with Gasteiger partial charge in [-0.15, -0.1) is 0 Å². The van der Waals surface area contributed by atoms with Crippen molar-refractivity contribution >= 4 is 28.7 Å². The zero-order valence-corrected chi connectivity index (χ0v) is 12.8. The van der Waals surface area contributed by atoms with Crippen LogP contribution in [0.2, 0.25) is 0 Å². The Hall–Kier alpha value is -1.69. The average Bonchev–Trinajstić information content (AvgIpc) is 2.88. The van der Waals surface area contributed by atoms with Crippen molar-refractivity contribution in [1.82, 2.24) is 14.9 Å². The number of ether oxygens (including phenoxy) is 1. The van der Waals surface area contributed by atoms with Gasteiger partial charge in [-0.2, -0.15) is 0 Å². The van der Waals surface area contributed by atoms with Gasteiger partial charge in [0.1, 0.15) is 5.75 Å². The number of methoxy groups -OCH3 is 1. The van der Waals surface area contributed by atoms with E-state index >= 15 is 0 Å². The van der Waals surface area contributed by atoms with Crippen LogP contribution in [0.4, 0.5) is 0 Å². The van der Waals surface area contributed by atoms with Crippen LogP contribution < -0.4 is 4.74 Å². The molecular formula is C14H19N3O2S. The molecule has 0 radical (unpaired) electrons. The van der Waals surface area contributed by atoms with E-state index in [1.54, 1.807) is 7.11 Å². The lowest BCUT2D eigenvalue weighted by atomic mass is 10.3. The van der Waals surface area contributed by atoms with E-state index in [2.05, 4.69) is 9.97 Å². The molecule has 0 spiro atoms. The number of hydrogen-bond donors (Lipinski definition) is 1. The summed E-state index contributed by atoms with van der Waals surface area (Å²) in [5.41, 5.74) is 1.80. The molecular weight excluding hydrogens is 274 g/mol. The first-order valence-corrected chi connectivity index (χ1v) is 7.60. The third-order valence-corrected chi connectivity index (χ3v) is 3.97. The maximum absolute atomic E-state index is 11.9. The van der Waals surface area contributed by atoms with Gasteiger partial charge in [0, 0.05) is 19.2 Å². The third-order valence-electron chi connectivity index (χ3n) is 3.12. The molecule has 0 fully saturated rings. The van der Waals surface area contributed by atoms with E-state index in [9.17, 15) is 4.79 Å². The van der Waals surface area contributed by atoms with Gasteiger partial charge in [0.15, 0.2) is 5.16 Å². The van der Waals surface area contributed by atoms with Gasteiger partial charge in [-0.05, 0) is 26.0 Å². The number of H-pyrrole nitrogens is 1. The second kappa shape index (κ2) is 6.65. The third kappa shape index (κ3) is 3.25. The van der Waals surface area contributed by atoms with Crippen molar-refractivity contribution < 1.29 is 9.53 Å². The number of nitrogens with zero attached hydrogens (tertiary/aromatic N) is 2. The van der Waals surface area contributed by atoms with E-state index < -0.39 is 0 Å². The molecule has 2 rings (SSSR count). The summed E-state index contributed by atoms with van der Waals surface area (Å²) in [6.45, 7) is 5.46. The first kappa shape index (κ1) is 14.7. The molecule has 108 valence electrons. The molecule has 2 aromatic rings. The molecule has 1 aromatic carbocycles. The Morgan fingerprint density at radius 2 is 2.15 bits per heavy atom. The molecule has 0 atom stereocenters. The Morgan fingerprint density at radius 3 is 2.80 bits per heavy atom. The number of fused-ring (bicyclic) bond motifs is 1. The number of imidazole rings is 1. The van der Waals surface area contributed by atoms with Crippen LogP contribution in [0.5, 0.6) is 5.75 Å². The van der Waals surface area contributed by atoms with Gasteiger partial charge < -0.3 is 14.6 Å². The molecule has 0 aliphatic rings. The Kier molecular flexibility index (Phi) is 4.89. The number of amides is 1. The normalized spacial score (nSPS) is 10.8. The first-order valence-electron chi connectivity index (χ1n) is 6.62. The summed E-state index contributed by atoms with van der Waals surface area (Å²) in [5.74, 6) is 1.33. The van der Waals surface area contributed by atoms with Gasteiger partial charge >= 0.3 is 0 Å². The Labute approximate surface area is 122 Å². The van der Waals surface area contributed by atoms with Crippen LogP contribution in [-0.4, -0.2) is 46.7 Å². The number of hydrogen-bond acceptors (Lipinski definition) is 4. The minimum Gasteiger partial charge on any atom is -0.497 e. The average molecular weight is 293 g/mol. The van der Waals surface area contributed by atoms with E-state index in [0.717, 1.165) is 35.0 Å². The zero-order valence-electron chi connectivity index (χ0n) is 12.0. The molecule has 1 N–H and O–H groups in total. The van der Waals surface area contributed by atoms with E-state index in [-0.39, 0.29) is 5.91 Å². The molecule has 0 unspecified atom stereocenters. The molecule has 0 saturated carbocycles. The number of carbonyl (C=O) groups excluding carboxylic acids is 1. The minimum atomic E-state index is 0.137. The highest BCUT2D eigenvalue weighted by Gasteiger charge is 2.11. The zero-order chi connectivity index (χ0) is 14.5. The van der Waals surface area contributed by atoms with Crippen LogP contribution in [0.3, 0.4) is 0 Å². The fourth-order valence-corrected chi connectivity index (χ4v) is 2.75. The molecule has 0 bridgehead atoms. The summed E-state index contributed by atoms with van der Waals surface area (Å²) in [6.07, 6.45) is 0. The number of thioether (sulfide) groups is 1. The molecule has 0 saturated heterocycles. The van der Waals surface area contributed by atoms with Crippen LogP contribution >= 0.6 is 11.8 Å². The molecule has 0 aliphatic carbocycles. The summed E-state index contributed by atoms with van der Waals surface area (Å²) >= 11 is 1.43. The number of carbonyl (C=O) groups is 1. The Balaban J connectivity index is 2.05. The molecule has 5 nitrogen and oxygen atoms in total. The molecule has 20 heavy (non-hydrogen) atoms. The Morgan fingerprint density at radius 1 is 1.40 bits per heavy atom. The number of aromatic amines is 1. The van der Waals surface area contributed by atoms with E-state index in [0.29, 0.717) is 5.75 Å². The molecule has 6 heteroatoms. The smallest absolute Gasteiger partial charge is 0.233 e. The van der Waals surface area contributed by atoms with Crippen LogP contribution in [0.15, 0.2) is 23.4 Å². The van der Waals surface area contributed by atoms with Crippen molar-refractivity contribution in [2.45, 2.75) is 19.0 Å². The van der Waals surface area contributed by atoms with Crippen LogP contribution in [-0.2, 0) is 4.79 Å². The maximum Gasteiger partial charge on any atom is 0.233 e. The molecule has 1 heterocycles. The van der Waals surface area contributed by atoms with Gasteiger partial charge in [-0.3, -0.25) is 4.79 Å². The van der Waals surface area contributed by atoms with Crippen molar-refractivity contribution in [2.75, 3.05) is 26.0 Å². The molecule has 0 aliphatic heterocycles. The predicted octanol–water partition coefficient (Wildman–Crippen LogP) is 2.53. The largest absolute Gasteiger partial charge is 0.497 e. The molecule has 1 aromatic heterocycles. The van der Waals surface area contributed by atoms with Crippen LogP contribution in [0, 0.1) is 0 Å². The van der Waals surface area contributed by atoms with Gasteiger partial charge in [0.25, 0.3) is 0 Å². The molecule has 1 amide bonds. The summed E-state index contributed by atoms with van der Waals surface area (Å²) in [4.78, 5) is 21.4. The van der Waals surface area contributed by atoms with E-state index in [1.165, 1.54) is 11.8 Å². The van der Waals surface area contributed by atoms with Crippen molar-refractivity contribution in [3.05, 3.63) is 18.2 Å². The highest BCUT2D eigenvalue weighted by Crippen LogP contribution is 2.23. The van der Waals surface area contributed by atoms with E-state index in [4.69, 9.17) is 4.74 Å². The first-order chi connectivity index (χ1) is 9.67. The second-order valence-electron chi connectivity index (χ2n) is 4.28. The van der Waals surface area contributed by atoms with Gasteiger partial charge in [-0.1, -0.05) is 11.8 Å². The minimum absolute atomic E-state index is 0.137. The summed E-state index contributed by atoms with van der Waals surface area (Å²) in [6, 6.07) is 5.68. The SMILES string of the molecule is CCN(CC)C(=O)CSc1nc2ccc(OC)cc2[nH]1. The monoisotopic (exact) mass is 293 g/mol. The lowest BCUT2D eigenvalue weighted by Gasteiger charge is -2.17. The summed E-state index contributed by atoms with van der Waals surface area (Å²) in [5, 5.41) is 0.758. The van der Waals surface area contributed by atoms with Gasteiger partial charge in [0.2, 0.25) is 5.91 Å². The van der Waals surface area contributed by atoms with E-state index in [1.807, 2.05) is 36.9 Å². The topological polar surface area (TPSA) is 58.2 Å². The highest BCUT2D eigenvalue weighted by molar-refractivity contribution is 7.99. The number of aromatic nitrogens is 2. The second-order valence-corrected chi connectivity index (χ2v) is 5.24. The lowest BCUT2D eigenvalue weighted by molar-refractivity contribution is -0.127. The summed E-state index contributed by atoms with van der Waals surface area (Å²) in [7, 11) is 1.63. The standard InChI is InChI=1S/C14H19N3O2S/c1-4-17(5-2)13(18)9-20-14-15-11-7-6-10(19-3)8-12(11)16-14/h6-8H,4-5,9H2,1-3H3,(H,15,16). The van der Waals surface area contributed by atoms with Crippen molar-refractivity contribution in [2.24, 2.45) is 0 Å². The van der Waals surface area contributed by atoms with Gasteiger partial charge in [-0.25, -0.2) is 4.98 Å². The van der Waals surface area contributed by atoms with Crippen LogP contribution in [0.1, 0.15) is 13.8 Å². The van der Waals surface area contributed by atoms with Crippen LogP contribution in [0.25, 0.3) is 11.0 Å². The number of nitrogens with one attached hydrogen (secondary N) is 1. The summed E-state index contributed by atoms with van der Waals surface area (Å²) < 4.78 is 5.17. The highest BCUT2D eigenvalue weighted by atomic mass is 32.2. The lowest BCUT2D eigenvalue weighted by Crippen LogP contribution is -2.31. The quantitative estimate of drug-likeness (QED) is 0.832. The van der Waals surface area contributed by atoms with Crippen molar-refractivity contribution in [3.8, 4) is 5.75 Å². The van der Waals surface area contributed by atoms with Crippen molar-refractivity contribution in [3.63, 3.8) is 0 Å². The number of rotatable bonds is 6. The van der Waals surface area contributed by atoms with Gasteiger partial charge in [0.05, 0.1) is 23.9 Å².